The lowest BCUT2D eigenvalue weighted by molar-refractivity contribution is -0.122. The number of nitrogens with one attached hydrogen (secondary N) is 1. The van der Waals surface area contributed by atoms with Gasteiger partial charge in [0.2, 0.25) is 5.13 Å². The molecule has 2 aromatic carbocycles. The number of hydrogen-bond acceptors (Lipinski definition) is 5. The minimum absolute atomic E-state index is 0.220. The molecule has 0 unspecified atom stereocenters. The first-order chi connectivity index (χ1) is 12.6. The maximum absolute atomic E-state index is 12.6. The Morgan fingerprint density at radius 1 is 1.12 bits per heavy atom. The lowest BCUT2D eigenvalue weighted by Crippen LogP contribution is -2.32. The zero-order valence-corrected chi connectivity index (χ0v) is 15.8. The molecule has 1 heterocycles. The lowest BCUT2D eigenvalue weighted by Gasteiger charge is -2.17. The minimum atomic E-state index is -0.581. The van der Waals surface area contributed by atoms with Crippen LogP contribution in [0.25, 0.3) is 10.6 Å². The molecular formula is C20H21N3O2S. The highest BCUT2D eigenvalue weighted by Crippen LogP contribution is 2.27. The van der Waals surface area contributed by atoms with E-state index in [1.165, 1.54) is 16.9 Å². The van der Waals surface area contributed by atoms with Gasteiger partial charge in [-0.25, -0.2) is 0 Å². The fourth-order valence-electron chi connectivity index (χ4n) is 2.44. The van der Waals surface area contributed by atoms with Crippen molar-refractivity contribution in [1.82, 2.24) is 10.2 Å². The Hall–Kier alpha value is -2.73. The number of carbonyl (C=O) groups excluding carboxylic acids is 1. The van der Waals surface area contributed by atoms with Crippen molar-refractivity contribution in [3.63, 3.8) is 0 Å². The topological polar surface area (TPSA) is 64.1 Å². The van der Waals surface area contributed by atoms with Crippen molar-refractivity contribution in [2.24, 2.45) is 0 Å². The molecule has 0 aliphatic heterocycles. The fraction of sp³-hybridized carbons (Fsp3) is 0.250. The van der Waals surface area contributed by atoms with Gasteiger partial charge >= 0.3 is 0 Å². The number of para-hydroxylation sites is 1. The van der Waals surface area contributed by atoms with Gasteiger partial charge in [-0.3, -0.25) is 10.1 Å². The average molecular weight is 367 g/mol. The van der Waals surface area contributed by atoms with E-state index < -0.39 is 6.10 Å². The third kappa shape index (κ3) is 4.26. The predicted molar refractivity (Wildman–Crippen MR) is 105 cm³/mol. The molecule has 1 atom stereocenters. The second kappa shape index (κ2) is 8.10. The standard InChI is InChI=1S/C20H21N3O2S/c1-4-16(25-17-8-6-5-7-14(17)3)18(24)21-20-23-22-19(26-20)15-11-9-13(2)10-12-15/h5-12,16H,4H2,1-3H3,(H,21,23,24)/t16-/m1/s1. The summed E-state index contributed by atoms with van der Waals surface area (Å²) < 4.78 is 5.88. The Labute approximate surface area is 157 Å². The SMILES string of the molecule is CC[C@@H](Oc1ccccc1C)C(=O)Nc1nnc(-c2ccc(C)cc2)s1. The van der Waals surface area contributed by atoms with Crippen LogP contribution in [0, 0.1) is 13.8 Å². The molecular weight excluding hydrogens is 346 g/mol. The van der Waals surface area contributed by atoms with Gasteiger partial charge in [0.15, 0.2) is 6.10 Å². The van der Waals surface area contributed by atoms with E-state index in [4.69, 9.17) is 4.74 Å². The number of hydrogen-bond donors (Lipinski definition) is 1. The average Bonchev–Trinajstić information content (AvgIpc) is 3.10. The van der Waals surface area contributed by atoms with Crippen LogP contribution in [0.2, 0.25) is 0 Å². The number of carbonyl (C=O) groups is 1. The van der Waals surface area contributed by atoms with E-state index in [9.17, 15) is 4.79 Å². The summed E-state index contributed by atoms with van der Waals surface area (Å²) in [6.45, 7) is 5.91. The minimum Gasteiger partial charge on any atom is -0.480 e. The highest BCUT2D eigenvalue weighted by Gasteiger charge is 2.21. The first kappa shape index (κ1) is 18.1. The first-order valence-corrected chi connectivity index (χ1v) is 9.32. The van der Waals surface area contributed by atoms with E-state index in [2.05, 4.69) is 15.5 Å². The normalized spacial score (nSPS) is 11.8. The largest absolute Gasteiger partial charge is 0.480 e. The van der Waals surface area contributed by atoms with E-state index in [-0.39, 0.29) is 5.91 Å². The van der Waals surface area contributed by atoms with Crippen molar-refractivity contribution < 1.29 is 9.53 Å². The van der Waals surface area contributed by atoms with Gasteiger partial charge in [0, 0.05) is 5.56 Å². The molecule has 134 valence electrons. The van der Waals surface area contributed by atoms with Gasteiger partial charge in [-0.2, -0.15) is 0 Å². The maximum Gasteiger partial charge on any atom is 0.267 e. The lowest BCUT2D eigenvalue weighted by atomic mass is 10.2. The number of amides is 1. The number of aryl methyl sites for hydroxylation is 2. The number of anilines is 1. The van der Waals surface area contributed by atoms with Crippen LogP contribution in [0.1, 0.15) is 24.5 Å². The van der Waals surface area contributed by atoms with Gasteiger partial charge in [-0.15, -0.1) is 10.2 Å². The summed E-state index contributed by atoms with van der Waals surface area (Å²) in [7, 11) is 0. The van der Waals surface area contributed by atoms with Crippen LogP contribution in [0.4, 0.5) is 5.13 Å². The third-order valence-corrected chi connectivity index (χ3v) is 4.87. The highest BCUT2D eigenvalue weighted by molar-refractivity contribution is 7.18. The fourth-order valence-corrected chi connectivity index (χ4v) is 3.19. The maximum atomic E-state index is 12.6. The van der Waals surface area contributed by atoms with E-state index in [1.807, 2.05) is 69.3 Å². The van der Waals surface area contributed by atoms with Crippen molar-refractivity contribution in [3.05, 3.63) is 59.7 Å². The molecule has 0 aliphatic carbocycles. The van der Waals surface area contributed by atoms with Crippen LogP contribution >= 0.6 is 11.3 Å². The summed E-state index contributed by atoms with van der Waals surface area (Å²) in [5, 5.41) is 12.3. The zero-order chi connectivity index (χ0) is 18.5. The van der Waals surface area contributed by atoms with Crippen LogP contribution in [-0.4, -0.2) is 22.2 Å². The van der Waals surface area contributed by atoms with Crippen molar-refractivity contribution in [1.29, 1.82) is 0 Å². The van der Waals surface area contributed by atoms with E-state index in [0.717, 1.165) is 16.1 Å². The molecule has 5 nitrogen and oxygen atoms in total. The van der Waals surface area contributed by atoms with Crippen LogP contribution < -0.4 is 10.1 Å². The van der Waals surface area contributed by atoms with Crippen LogP contribution in [0.15, 0.2) is 48.5 Å². The molecule has 0 saturated carbocycles. The first-order valence-electron chi connectivity index (χ1n) is 8.50. The van der Waals surface area contributed by atoms with Crippen LogP contribution in [0.5, 0.6) is 5.75 Å². The quantitative estimate of drug-likeness (QED) is 0.690. The molecule has 26 heavy (non-hydrogen) atoms. The molecule has 0 bridgehead atoms. The van der Waals surface area contributed by atoms with Gasteiger partial charge in [0.25, 0.3) is 5.91 Å². The van der Waals surface area contributed by atoms with Crippen LogP contribution in [0.3, 0.4) is 0 Å². The molecule has 0 saturated heterocycles. The number of rotatable bonds is 6. The predicted octanol–water partition coefficient (Wildman–Crippen LogP) is 4.62. The Kier molecular flexibility index (Phi) is 5.63. The summed E-state index contributed by atoms with van der Waals surface area (Å²) in [5.41, 5.74) is 3.17. The third-order valence-electron chi connectivity index (χ3n) is 3.98. The number of nitrogens with zero attached hydrogens (tertiary/aromatic N) is 2. The van der Waals surface area contributed by atoms with Crippen molar-refractivity contribution in [2.45, 2.75) is 33.3 Å². The van der Waals surface area contributed by atoms with Gasteiger partial charge in [0.05, 0.1) is 0 Å². The smallest absolute Gasteiger partial charge is 0.267 e. The highest BCUT2D eigenvalue weighted by atomic mass is 32.1. The molecule has 1 amide bonds. The monoisotopic (exact) mass is 367 g/mol. The molecule has 1 N–H and O–H groups in total. The number of aromatic nitrogens is 2. The summed E-state index contributed by atoms with van der Waals surface area (Å²) in [5.74, 6) is 0.495. The summed E-state index contributed by atoms with van der Waals surface area (Å²) in [6, 6.07) is 15.7. The Balaban J connectivity index is 1.68. The zero-order valence-electron chi connectivity index (χ0n) is 15.0. The number of benzene rings is 2. The molecule has 1 aromatic heterocycles. The molecule has 0 radical (unpaired) electrons. The van der Waals surface area contributed by atoms with Crippen molar-refractivity contribution >= 4 is 22.4 Å². The van der Waals surface area contributed by atoms with Gasteiger partial charge in [-0.1, -0.05) is 66.3 Å². The molecule has 0 aliphatic rings. The van der Waals surface area contributed by atoms with Gasteiger partial charge in [0.1, 0.15) is 10.8 Å². The summed E-state index contributed by atoms with van der Waals surface area (Å²) in [6.07, 6.45) is -0.0214. The second-order valence-electron chi connectivity index (χ2n) is 6.05. The Morgan fingerprint density at radius 3 is 2.54 bits per heavy atom. The van der Waals surface area contributed by atoms with E-state index in [0.29, 0.717) is 17.3 Å². The molecule has 3 rings (SSSR count). The number of ether oxygens (including phenoxy) is 1. The van der Waals surface area contributed by atoms with E-state index >= 15 is 0 Å². The molecule has 3 aromatic rings. The van der Waals surface area contributed by atoms with Gasteiger partial charge in [-0.05, 0) is 31.9 Å². The molecule has 0 spiro atoms. The molecule has 0 fully saturated rings. The Morgan fingerprint density at radius 2 is 1.85 bits per heavy atom. The van der Waals surface area contributed by atoms with Crippen molar-refractivity contribution in [2.75, 3.05) is 5.32 Å². The van der Waals surface area contributed by atoms with Crippen LogP contribution in [-0.2, 0) is 4.79 Å². The van der Waals surface area contributed by atoms with Gasteiger partial charge < -0.3 is 4.74 Å². The van der Waals surface area contributed by atoms with Crippen molar-refractivity contribution in [3.8, 4) is 16.3 Å². The molecule has 6 heteroatoms. The Bertz CT molecular complexity index is 890. The second-order valence-corrected chi connectivity index (χ2v) is 7.03. The summed E-state index contributed by atoms with van der Waals surface area (Å²) in [4.78, 5) is 12.6. The van der Waals surface area contributed by atoms with E-state index in [1.54, 1.807) is 0 Å². The summed E-state index contributed by atoms with van der Waals surface area (Å²) >= 11 is 1.35.